The quantitative estimate of drug-likeness (QED) is 0.754. The molecule has 1 N–H and O–H groups in total. The van der Waals surface area contributed by atoms with E-state index in [0.717, 1.165) is 17.5 Å². The van der Waals surface area contributed by atoms with Gasteiger partial charge in [-0.2, -0.15) is 0 Å². The van der Waals surface area contributed by atoms with Crippen LogP contribution < -0.4 is 0 Å². The van der Waals surface area contributed by atoms with Crippen LogP contribution in [0.4, 0.5) is 0 Å². The first-order chi connectivity index (χ1) is 10.6. The van der Waals surface area contributed by atoms with Crippen LogP contribution in [-0.4, -0.2) is 16.1 Å². The van der Waals surface area contributed by atoms with Gasteiger partial charge in [-0.1, -0.05) is 42.8 Å². The average Bonchev–Trinajstić information content (AvgIpc) is 2.53. The molecule has 0 atom stereocenters. The second kappa shape index (κ2) is 5.78. The SMILES string of the molecule is CCc1ccc2nc(-c3ccccc3Cl)cc(C(=O)O)c2c1. The second-order valence-electron chi connectivity index (χ2n) is 5.05. The molecule has 1 aromatic heterocycles. The van der Waals surface area contributed by atoms with E-state index >= 15 is 0 Å². The molecule has 0 aliphatic carbocycles. The van der Waals surface area contributed by atoms with Crippen molar-refractivity contribution >= 4 is 28.5 Å². The van der Waals surface area contributed by atoms with Crippen molar-refractivity contribution in [2.24, 2.45) is 0 Å². The Kier molecular flexibility index (Phi) is 3.82. The molecular formula is C18H14ClNO2. The summed E-state index contributed by atoms with van der Waals surface area (Å²) in [6.07, 6.45) is 0.848. The summed E-state index contributed by atoms with van der Waals surface area (Å²) in [4.78, 5) is 16.2. The first-order valence-corrected chi connectivity index (χ1v) is 7.40. The third kappa shape index (κ3) is 2.55. The number of aryl methyl sites for hydroxylation is 1. The molecule has 110 valence electrons. The number of aromatic carboxylic acids is 1. The first-order valence-electron chi connectivity index (χ1n) is 7.02. The van der Waals surface area contributed by atoms with Crippen LogP contribution in [0, 0.1) is 0 Å². The molecule has 0 unspecified atom stereocenters. The third-order valence-electron chi connectivity index (χ3n) is 3.66. The fourth-order valence-electron chi connectivity index (χ4n) is 2.48. The number of hydrogen-bond acceptors (Lipinski definition) is 2. The maximum Gasteiger partial charge on any atom is 0.336 e. The number of carboxylic acid groups (broad SMARTS) is 1. The van der Waals surface area contributed by atoms with Gasteiger partial charge >= 0.3 is 5.97 Å². The van der Waals surface area contributed by atoms with Crippen LogP contribution in [0.25, 0.3) is 22.2 Å². The second-order valence-corrected chi connectivity index (χ2v) is 5.45. The van der Waals surface area contributed by atoms with Gasteiger partial charge in [0.1, 0.15) is 0 Å². The molecule has 0 bridgehead atoms. The van der Waals surface area contributed by atoms with Crippen molar-refractivity contribution in [3.8, 4) is 11.3 Å². The lowest BCUT2D eigenvalue weighted by Crippen LogP contribution is -2.01. The lowest BCUT2D eigenvalue weighted by molar-refractivity contribution is 0.0699. The molecule has 3 nitrogen and oxygen atoms in total. The van der Waals surface area contributed by atoms with Crippen molar-refractivity contribution in [3.05, 3.63) is 64.7 Å². The van der Waals surface area contributed by atoms with Gasteiger partial charge in [0, 0.05) is 16.0 Å². The Labute approximate surface area is 133 Å². The lowest BCUT2D eigenvalue weighted by Gasteiger charge is -2.09. The number of nitrogens with zero attached hydrogens (tertiary/aromatic N) is 1. The van der Waals surface area contributed by atoms with E-state index in [0.29, 0.717) is 21.6 Å². The number of pyridine rings is 1. The predicted octanol–water partition coefficient (Wildman–Crippen LogP) is 4.82. The van der Waals surface area contributed by atoms with Crippen molar-refractivity contribution in [3.63, 3.8) is 0 Å². The van der Waals surface area contributed by atoms with Gasteiger partial charge in [-0.3, -0.25) is 0 Å². The molecule has 0 saturated carbocycles. The number of halogens is 1. The number of hydrogen-bond donors (Lipinski definition) is 1. The molecule has 1 heterocycles. The summed E-state index contributed by atoms with van der Waals surface area (Å²) >= 11 is 6.20. The fourth-order valence-corrected chi connectivity index (χ4v) is 2.71. The summed E-state index contributed by atoms with van der Waals surface area (Å²) in [5.74, 6) is -0.964. The molecule has 0 radical (unpaired) electrons. The number of rotatable bonds is 3. The van der Waals surface area contributed by atoms with Gasteiger partial charge < -0.3 is 5.11 Å². The van der Waals surface area contributed by atoms with E-state index in [1.54, 1.807) is 12.1 Å². The van der Waals surface area contributed by atoms with E-state index in [1.807, 2.05) is 43.3 Å². The van der Waals surface area contributed by atoms with E-state index in [2.05, 4.69) is 4.98 Å². The van der Waals surface area contributed by atoms with Crippen LogP contribution in [-0.2, 0) is 6.42 Å². The lowest BCUT2D eigenvalue weighted by atomic mass is 10.0. The van der Waals surface area contributed by atoms with Gasteiger partial charge in [-0.25, -0.2) is 9.78 Å². The zero-order valence-electron chi connectivity index (χ0n) is 12.0. The molecule has 0 aliphatic heterocycles. The standard InChI is InChI=1S/C18H14ClNO2/c1-2-11-7-8-16-13(9-11)14(18(21)22)10-17(20-16)12-5-3-4-6-15(12)19/h3-10H,2H2,1H3,(H,21,22). The number of aromatic nitrogens is 1. The van der Waals surface area contributed by atoms with Gasteiger partial charge in [-0.05, 0) is 36.2 Å². The number of fused-ring (bicyclic) bond motifs is 1. The first kappa shape index (κ1) is 14.5. The van der Waals surface area contributed by atoms with Crippen LogP contribution in [0.2, 0.25) is 5.02 Å². The van der Waals surface area contributed by atoms with Gasteiger partial charge in [-0.15, -0.1) is 0 Å². The van der Waals surface area contributed by atoms with Crippen LogP contribution in [0.5, 0.6) is 0 Å². The van der Waals surface area contributed by atoms with Crippen LogP contribution in [0.15, 0.2) is 48.5 Å². The maximum atomic E-state index is 11.6. The number of carbonyl (C=O) groups is 1. The van der Waals surface area contributed by atoms with Crippen molar-refractivity contribution in [2.75, 3.05) is 0 Å². The van der Waals surface area contributed by atoms with E-state index in [1.165, 1.54) is 0 Å². The van der Waals surface area contributed by atoms with Gasteiger partial charge in [0.15, 0.2) is 0 Å². The van der Waals surface area contributed by atoms with Crippen LogP contribution in [0.1, 0.15) is 22.8 Å². The zero-order valence-corrected chi connectivity index (χ0v) is 12.8. The van der Waals surface area contributed by atoms with Crippen molar-refractivity contribution < 1.29 is 9.90 Å². The Bertz CT molecular complexity index is 874. The molecule has 0 fully saturated rings. The minimum atomic E-state index is -0.964. The number of benzene rings is 2. The predicted molar refractivity (Wildman–Crippen MR) is 88.5 cm³/mol. The summed E-state index contributed by atoms with van der Waals surface area (Å²) in [5, 5.41) is 10.7. The highest BCUT2D eigenvalue weighted by Gasteiger charge is 2.14. The number of carboxylic acids is 1. The Hall–Kier alpha value is -2.39. The van der Waals surface area contributed by atoms with Crippen molar-refractivity contribution in [1.82, 2.24) is 4.98 Å². The average molecular weight is 312 g/mol. The molecule has 3 aromatic rings. The Morgan fingerprint density at radius 2 is 1.95 bits per heavy atom. The molecule has 0 aliphatic rings. The topological polar surface area (TPSA) is 50.2 Å². The minimum Gasteiger partial charge on any atom is -0.478 e. The van der Waals surface area contributed by atoms with Crippen LogP contribution in [0.3, 0.4) is 0 Å². The molecule has 2 aromatic carbocycles. The highest BCUT2D eigenvalue weighted by Crippen LogP contribution is 2.30. The molecular weight excluding hydrogens is 298 g/mol. The molecule has 0 amide bonds. The molecule has 0 saturated heterocycles. The van der Waals surface area contributed by atoms with Gasteiger partial charge in [0.25, 0.3) is 0 Å². The van der Waals surface area contributed by atoms with Crippen molar-refractivity contribution in [1.29, 1.82) is 0 Å². The van der Waals surface area contributed by atoms with Crippen molar-refractivity contribution in [2.45, 2.75) is 13.3 Å². The summed E-state index contributed by atoms with van der Waals surface area (Å²) in [6.45, 7) is 2.03. The summed E-state index contributed by atoms with van der Waals surface area (Å²) in [5.41, 5.74) is 3.29. The molecule has 3 rings (SSSR count). The minimum absolute atomic E-state index is 0.246. The van der Waals surface area contributed by atoms with E-state index in [9.17, 15) is 9.90 Å². The normalized spacial score (nSPS) is 10.8. The van der Waals surface area contributed by atoms with Gasteiger partial charge in [0.2, 0.25) is 0 Å². The Morgan fingerprint density at radius 1 is 1.18 bits per heavy atom. The highest BCUT2D eigenvalue weighted by atomic mass is 35.5. The third-order valence-corrected chi connectivity index (χ3v) is 3.99. The monoisotopic (exact) mass is 311 g/mol. The Balaban J connectivity index is 2.31. The Morgan fingerprint density at radius 3 is 2.64 bits per heavy atom. The van der Waals surface area contributed by atoms with Crippen LogP contribution >= 0.6 is 11.6 Å². The largest absolute Gasteiger partial charge is 0.478 e. The van der Waals surface area contributed by atoms with Gasteiger partial charge in [0.05, 0.1) is 16.8 Å². The highest BCUT2D eigenvalue weighted by molar-refractivity contribution is 6.33. The van der Waals surface area contributed by atoms with E-state index in [4.69, 9.17) is 11.6 Å². The van der Waals surface area contributed by atoms with E-state index in [-0.39, 0.29) is 5.56 Å². The smallest absolute Gasteiger partial charge is 0.336 e. The van der Waals surface area contributed by atoms with E-state index < -0.39 is 5.97 Å². The molecule has 0 spiro atoms. The maximum absolute atomic E-state index is 11.6. The zero-order chi connectivity index (χ0) is 15.7. The summed E-state index contributed by atoms with van der Waals surface area (Å²) in [6, 6.07) is 14.6. The summed E-state index contributed by atoms with van der Waals surface area (Å²) < 4.78 is 0. The molecule has 4 heteroatoms. The fraction of sp³-hybridized carbons (Fsp3) is 0.111. The summed E-state index contributed by atoms with van der Waals surface area (Å²) in [7, 11) is 0. The molecule has 22 heavy (non-hydrogen) atoms.